The van der Waals surface area contributed by atoms with Crippen molar-refractivity contribution in [3.8, 4) is 0 Å². The van der Waals surface area contributed by atoms with E-state index < -0.39 is 0 Å². The third-order valence-corrected chi connectivity index (χ3v) is 3.54. The average Bonchev–Trinajstić information content (AvgIpc) is 2.98. The lowest BCUT2D eigenvalue weighted by atomic mass is 9.79. The molecule has 1 saturated heterocycles. The minimum atomic E-state index is -0.0582. The second-order valence-electron chi connectivity index (χ2n) is 4.43. The number of para-hydroxylation sites is 1. The molecule has 0 spiro atoms. The Balaban J connectivity index is 2.20. The maximum atomic E-state index is 5.94. The van der Waals surface area contributed by atoms with Crippen LogP contribution < -0.4 is 5.73 Å². The predicted octanol–water partition coefficient (Wildman–Crippen LogP) is 2.05. The van der Waals surface area contributed by atoms with Gasteiger partial charge in [0.2, 0.25) is 0 Å². The van der Waals surface area contributed by atoms with Gasteiger partial charge in [0.25, 0.3) is 0 Å². The van der Waals surface area contributed by atoms with E-state index in [1.54, 1.807) is 6.26 Å². The van der Waals surface area contributed by atoms with Crippen LogP contribution in [0.5, 0.6) is 0 Å². The smallest absolute Gasteiger partial charge is 0.137 e. The van der Waals surface area contributed by atoms with Crippen molar-refractivity contribution < 1.29 is 9.15 Å². The van der Waals surface area contributed by atoms with Gasteiger partial charge in [0.1, 0.15) is 5.58 Å². The lowest BCUT2D eigenvalue weighted by Crippen LogP contribution is -2.35. The molecule has 1 aromatic heterocycles. The highest BCUT2D eigenvalue weighted by molar-refractivity contribution is 5.81. The highest BCUT2D eigenvalue weighted by Crippen LogP contribution is 2.36. The maximum absolute atomic E-state index is 5.94. The summed E-state index contributed by atoms with van der Waals surface area (Å²) in [4.78, 5) is 0. The molecule has 16 heavy (non-hydrogen) atoms. The summed E-state index contributed by atoms with van der Waals surface area (Å²) >= 11 is 0. The molecule has 0 radical (unpaired) electrons. The Kier molecular flexibility index (Phi) is 2.23. The fourth-order valence-electron chi connectivity index (χ4n) is 2.50. The van der Waals surface area contributed by atoms with E-state index in [1.165, 1.54) is 5.56 Å². The summed E-state index contributed by atoms with van der Waals surface area (Å²) in [7, 11) is 0. The van der Waals surface area contributed by atoms with Crippen molar-refractivity contribution in [1.82, 2.24) is 0 Å². The lowest BCUT2D eigenvalue weighted by Gasteiger charge is -2.25. The van der Waals surface area contributed by atoms with Crippen molar-refractivity contribution in [1.29, 1.82) is 0 Å². The second-order valence-corrected chi connectivity index (χ2v) is 4.43. The summed E-state index contributed by atoms with van der Waals surface area (Å²) in [6, 6.07) is 8.21. The van der Waals surface area contributed by atoms with Crippen molar-refractivity contribution in [2.45, 2.75) is 11.8 Å². The molecule has 1 aliphatic heterocycles. The first kappa shape index (κ1) is 9.87. The molecule has 2 aromatic rings. The van der Waals surface area contributed by atoms with Crippen LogP contribution in [-0.2, 0) is 10.2 Å². The van der Waals surface area contributed by atoms with E-state index in [0.29, 0.717) is 13.2 Å². The van der Waals surface area contributed by atoms with Crippen LogP contribution >= 0.6 is 0 Å². The Hall–Kier alpha value is -1.32. The number of fused-ring (bicyclic) bond motifs is 1. The Morgan fingerprint density at radius 1 is 1.31 bits per heavy atom. The number of ether oxygens (including phenoxy) is 1. The molecule has 0 bridgehead atoms. The molecule has 0 aliphatic carbocycles. The van der Waals surface area contributed by atoms with E-state index in [1.807, 2.05) is 6.07 Å². The lowest BCUT2D eigenvalue weighted by molar-refractivity contribution is 0.178. The van der Waals surface area contributed by atoms with E-state index in [0.717, 1.165) is 24.0 Å². The molecule has 1 aliphatic rings. The third kappa shape index (κ3) is 1.29. The van der Waals surface area contributed by atoms with Gasteiger partial charge in [-0.05, 0) is 12.5 Å². The fraction of sp³-hybridized carbons (Fsp3) is 0.385. The van der Waals surface area contributed by atoms with Crippen LogP contribution in [-0.4, -0.2) is 19.8 Å². The molecule has 3 nitrogen and oxygen atoms in total. The molecule has 1 aromatic carbocycles. The zero-order valence-corrected chi connectivity index (χ0v) is 9.11. The monoisotopic (exact) mass is 217 g/mol. The van der Waals surface area contributed by atoms with Gasteiger partial charge in [-0.25, -0.2) is 0 Å². The molecule has 3 rings (SSSR count). The van der Waals surface area contributed by atoms with E-state index in [9.17, 15) is 0 Å². The van der Waals surface area contributed by atoms with Crippen LogP contribution in [0.3, 0.4) is 0 Å². The molecule has 84 valence electrons. The van der Waals surface area contributed by atoms with Crippen LogP contribution in [0.15, 0.2) is 34.9 Å². The van der Waals surface area contributed by atoms with Crippen LogP contribution in [0.4, 0.5) is 0 Å². The highest BCUT2D eigenvalue weighted by Gasteiger charge is 2.37. The largest absolute Gasteiger partial charge is 0.464 e. The van der Waals surface area contributed by atoms with E-state index in [4.69, 9.17) is 14.9 Å². The number of hydrogen-bond donors (Lipinski definition) is 1. The average molecular weight is 217 g/mol. The number of furan rings is 1. The molecular formula is C13H15NO2. The van der Waals surface area contributed by atoms with Gasteiger partial charge in [0, 0.05) is 29.5 Å². The molecular weight excluding hydrogens is 202 g/mol. The summed E-state index contributed by atoms with van der Waals surface area (Å²) in [6.07, 6.45) is 2.71. The number of rotatable bonds is 2. The van der Waals surface area contributed by atoms with Crippen LogP contribution in [0.1, 0.15) is 12.0 Å². The Morgan fingerprint density at radius 3 is 3.00 bits per heavy atom. The van der Waals surface area contributed by atoms with E-state index >= 15 is 0 Å². The maximum Gasteiger partial charge on any atom is 0.137 e. The molecule has 1 atom stereocenters. The summed E-state index contributed by atoms with van der Waals surface area (Å²) in [6.45, 7) is 2.09. The quantitative estimate of drug-likeness (QED) is 0.837. The summed E-state index contributed by atoms with van der Waals surface area (Å²) in [5, 5.41) is 1.14. The van der Waals surface area contributed by atoms with Crippen molar-refractivity contribution in [3.63, 3.8) is 0 Å². The molecule has 3 heteroatoms. The molecule has 0 amide bonds. The first-order valence-corrected chi connectivity index (χ1v) is 5.60. The van der Waals surface area contributed by atoms with Crippen molar-refractivity contribution in [3.05, 3.63) is 36.1 Å². The Labute approximate surface area is 94.2 Å². The standard InChI is InChI=1S/C13H15NO2/c14-8-13(5-7-15-9-13)11-3-1-2-10-4-6-16-12(10)11/h1-4,6H,5,7-9,14H2. The minimum absolute atomic E-state index is 0.0582. The highest BCUT2D eigenvalue weighted by atomic mass is 16.5. The van der Waals surface area contributed by atoms with Crippen LogP contribution in [0.25, 0.3) is 11.0 Å². The van der Waals surface area contributed by atoms with Crippen LogP contribution in [0.2, 0.25) is 0 Å². The Morgan fingerprint density at radius 2 is 2.25 bits per heavy atom. The zero-order valence-electron chi connectivity index (χ0n) is 9.11. The number of hydrogen-bond acceptors (Lipinski definition) is 3. The van der Waals surface area contributed by atoms with Gasteiger partial charge in [-0.1, -0.05) is 18.2 Å². The zero-order chi connectivity index (χ0) is 11.0. The Bertz CT molecular complexity index is 497. The topological polar surface area (TPSA) is 48.4 Å². The van der Waals surface area contributed by atoms with Gasteiger partial charge >= 0.3 is 0 Å². The van der Waals surface area contributed by atoms with Gasteiger partial charge in [0.05, 0.1) is 12.9 Å². The van der Waals surface area contributed by atoms with Crippen molar-refractivity contribution in [2.24, 2.45) is 5.73 Å². The van der Waals surface area contributed by atoms with E-state index in [-0.39, 0.29) is 5.41 Å². The first-order valence-electron chi connectivity index (χ1n) is 5.60. The van der Waals surface area contributed by atoms with Gasteiger partial charge in [-0.15, -0.1) is 0 Å². The van der Waals surface area contributed by atoms with Crippen LogP contribution in [0, 0.1) is 0 Å². The van der Waals surface area contributed by atoms with Crippen molar-refractivity contribution >= 4 is 11.0 Å². The SMILES string of the molecule is NCC1(c2cccc3ccoc23)CCOC1. The fourth-order valence-corrected chi connectivity index (χ4v) is 2.50. The predicted molar refractivity (Wildman–Crippen MR) is 62.4 cm³/mol. The summed E-state index contributed by atoms with van der Waals surface area (Å²) in [5.74, 6) is 0. The summed E-state index contributed by atoms with van der Waals surface area (Å²) in [5.41, 5.74) is 8.03. The van der Waals surface area contributed by atoms with Crippen molar-refractivity contribution in [2.75, 3.05) is 19.8 Å². The van der Waals surface area contributed by atoms with E-state index in [2.05, 4.69) is 18.2 Å². The molecule has 1 unspecified atom stereocenters. The number of nitrogens with two attached hydrogens (primary N) is 1. The third-order valence-electron chi connectivity index (χ3n) is 3.54. The van der Waals surface area contributed by atoms with Gasteiger partial charge in [-0.3, -0.25) is 0 Å². The molecule has 0 saturated carbocycles. The van der Waals surface area contributed by atoms with Gasteiger partial charge < -0.3 is 14.9 Å². The number of benzene rings is 1. The van der Waals surface area contributed by atoms with Gasteiger partial charge in [0.15, 0.2) is 0 Å². The second kappa shape index (κ2) is 3.61. The first-order chi connectivity index (χ1) is 7.86. The molecule has 1 fully saturated rings. The minimum Gasteiger partial charge on any atom is -0.464 e. The van der Waals surface area contributed by atoms with Gasteiger partial charge in [-0.2, -0.15) is 0 Å². The molecule has 2 heterocycles. The molecule has 2 N–H and O–H groups in total. The summed E-state index contributed by atoms with van der Waals surface area (Å²) < 4.78 is 11.1. The normalized spacial score (nSPS) is 25.3.